The number of nitrogens with one attached hydrogen (secondary N) is 4. The number of amides is 4. The standard InChI is InChI=1S/C23H39N5O11/c1-10(2)7-13(20(35)28-15(9-29)23(38)39)26-21(36)14(8-17(32)33)27-19(34)12(5-6-16(30)31)25-22(37)18(24)11(3)4/h10-15,18,29H,5-9,24H2,1-4H3,(H,25,37)(H,26,36)(H,27,34)(H,28,35)(H,30,31)(H,32,33)(H,38,39). The van der Waals surface area contributed by atoms with Gasteiger partial charge in [-0.3, -0.25) is 28.8 Å². The van der Waals surface area contributed by atoms with Crippen molar-refractivity contribution in [1.82, 2.24) is 21.3 Å². The maximum Gasteiger partial charge on any atom is 0.328 e. The topological polar surface area (TPSA) is 275 Å². The summed E-state index contributed by atoms with van der Waals surface area (Å²) in [5, 5.41) is 45.3. The van der Waals surface area contributed by atoms with E-state index in [4.69, 9.17) is 21.1 Å². The molecule has 0 aromatic carbocycles. The molecule has 39 heavy (non-hydrogen) atoms. The summed E-state index contributed by atoms with van der Waals surface area (Å²) in [7, 11) is 0. The molecular formula is C23H39N5O11. The van der Waals surface area contributed by atoms with Gasteiger partial charge in [0.1, 0.15) is 24.2 Å². The minimum absolute atomic E-state index is 0.00648. The van der Waals surface area contributed by atoms with Crippen LogP contribution in [0.3, 0.4) is 0 Å². The Morgan fingerprint density at radius 2 is 1.13 bits per heavy atom. The average Bonchev–Trinajstić information content (AvgIpc) is 2.82. The molecule has 0 aliphatic carbocycles. The first-order valence-electron chi connectivity index (χ1n) is 12.2. The molecule has 4 amide bonds. The van der Waals surface area contributed by atoms with Gasteiger partial charge in [-0.05, 0) is 24.7 Å². The van der Waals surface area contributed by atoms with E-state index in [1.165, 1.54) is 0 Å². The predicted molar refractivity (Wildman–Crippen MR) is 134 cm³/mol. The summed E-state index contributed by atoms with van der Waals surface area (Å²) in [6, 6.07) is -7.28. The fourth-order valence-electron chi connectivity index (χ4n) is 3.20. The monoisotopic (exact) mass is 561 g/mol. The number of rotatable bonds is 18. The Morgan fingerprint density at radius 3 is 1.56 bits per heavy atom. The van der Waals surface area contributed by atoms with Crippen LogP contribution in [0, 0.1) is 11.8 Å². The zero-order valence-electron chi connectivity index (χ0n) is 22.3. The number of carboxylic acids is 3. The van der Waals surface area contributed by atoms with Crippen LogP contribution in [0.25, 0.3) is 0 Å². The number of carbonyl (C=O) groups is 7. The molecule has 10 N–H and O–H groups in total. The fourth-order valence-corrected chi connectivity index (χ4v) is 3.20. The van der Waals surface area contributed by atoms with E-state index in [-0.39, 0.29) is 18.3 Å². The number of carbonyl (C=O) groups excluding carboxylic acids is 4. The van der Waals surface area contributed by atoms with Gasteiger partial charge in [-0.15, -0.1) is 0 Å². The summed E-state index contributed by atoms with van der Waals surface area (Å²) in [6.07, 6.45) is -1.88. The summed E-state index contributed by atoms with van der Waals surface area (Å²) in [4.78, 5) is 84.5. The maximum atomic E-state index is 13.0. The number of aliphatic hydroxyl groups is 1. The van der Waals surface area contributed by atoms with Crippen LogP contribution >= 0.6 is 0 Å². The molecule has 5 atom stereocenters. The van der Waals surface area contributed by atoms with E-state index in [1.54, 1.807) is 27.7 Å². The largest absolute Gasteiger partial charge is 0.481 e. The molecule has 222 valence electrons. The van der Waals surface area contributed by atoms with Gasteiger partial charge in [-0.2, -0.15) is 0 Å². The van der Waals surface area contributed by atoms with Crippen molar-refractivity contribution in [2.45, 2.75) is 83.6 Å². The van der Waals surface area contributed by atoms with E-state index in [9.17, 15) is 38.7 Å². The van der Waals surface area contributed by atoms with Crippen molar-refractivity contribution < 1.29 is 54.0 Å². The molecule has 0 rings (SSSR count). The summed E-state index contributed by atoms with van der Waals surface area (Å²) in [6.45, 7) is 5.76. The van der Waals surface area contributed by atoms with Crippen LogP contribution in [0.5, 0.6) is 0 Å². The van der Waals surface area contributed by atoms with Crippen molar-refractivity contribution in [3.8, 4) is 0 Å². The normalized spacial score (nSPS) is 14.9. The van der Waals surface area contributed by atoms with E-state index >= 15 is 0 Å². The third-order valence-corrected chi connectivity index (χ3v) is 5.45. The van der Waals surface area contributed by atoms with Crippen LogP contribution < -0.4 is 27.0 Å². The average molecular weight is 562 g/mol. The second kappa shape index (κ2) is 16.9. The summed E-state index contributed by atoms with van der Waals surface area (Å²) in [5.41, 5.74) is 5.77. The van der Waals surface area contributed by atoms with Crippen LogP contribution in [0.4, 0.5) is 0 Å². The zero-order chi connectivity index (χ0) is 30.4. The third-order valence-electron chi connectivity index (χ3n) is 5.45. The van der Waals surface area contributed by atoms with Crippen molar-refractivity contribution in [1.29, 1.82) is 0 Å². The Morgan fingerprint density at radius 1 is 0.667 bits per heavy atom. The van der Waals surface area contributed by atoms with Gasteiger partial charge in [-0.1, -0.05) is 27.7 Å². The van der Waals surface area contributed by atoms with E-state index in [2.05, 4.69) is 21.3 Å². The molecule has 0 aliphatic rings. The van der Waals surface area contributed by atoms with Gasteiger partial charge in [0.15, 0.2) is 0 Å². The maximum absolute atomic E-state index is 13.0. The summed E-state index contributed by atoms with van der Waals surface area (Å²) >= 11 is 0. The number of aliphatic carboxylic acids is 3. The van der Waals surface area contributed by atoms with Gasteiger partial charge in [0, 0.05) is 6.42 Å². The first kappa shape index (κ1) is 35.2. The van der Waals surface area contributed by atoms with E-state index < -0.39 is 97.6 Å². The Hall–Kier alpha value is -3.79. The number of nitrogens with two attached hydrogens (primary N) is 1. The lowest BCUT2D eigenvalue weighted by atomic mass is 10.0. The smallest absolute Gasteiger partial charge is 0.328 e. The van der Waals surface area contributed by atoms with Gasteiger partial charge in [0.05, 0.1) is 19.1 Å². The molecule has 0 bridgehead atoms. The lowest BCUT2D eigenvalue weighted by Gasteiger charge is -2.26. The molecule has 16 nitrogen and oxygen atoms in total. The van der Waals surface area contributed by atoms with Crippen molar-refractivity contribution in [3.63, 3.8) is 0 Å². The number of hydrogen-bond donors (Lipinski definition) is 9. The Labute approximate surface area is 225 Å². The number of hydrogen-bond acceptors (Lipinski definition) is 9. The van der Waals surface area contributed by atoms with Crippen LogP contribution in [0.1, 0.15) is 53.4 Å². The van der Waals surface area contributed by atoms with Crippen LogP contribution in [-0.2, 0) is 33.6 Å². The second-order valence-electron chi connectivity index (χ2n) is 9.70. The van der Waals surface area contributed by atoms with E-state index in [0.717, 1.165) is 0 Å². The second-order valence-corrected chi connectivity index (χ2v) is 9.70. The van der Waals surface area contributed by atoms with Gasteiger partial charge in [0.25, 0.3) is 0 Å². The van der Waals surface area contributed by atoms with Gasteiger partial charge in [-0.25, -0.2) is 4.79 Å². The minimum Gasteiger partial charge on any atom is -0.481 e. The van der Waals surface area contributed by atoms with Crippen molar-refractivity contribution in [2.24, 2.45) is 17.6 Å². The van der Waals surface area contributed by atoms with Crippen LogP contribution in [0.2, 0.25) is 0 Å². The highest BCUT2D eigenvalue weighted by Gasteiger charge is 2.33. The highest BCUT2D eigenvalue weighted by atomic mass is 16.4. The highest BCUT2D eigenvalue weighted by molar-refractivity contribution is 5.96. The Kier molecular flexibility index (Phi) is 15.3. The molecule has 0 saturated carbocycles. The van der Waals surface area contributed by atoms with Crippen molar-refractivity contribution in [3.05, 3.63) is 0 Å². The first-order chi connectivity index (χ1) is 18.0. The molecule has 0 aromatic heterocycles. The molecule has 5 unspecified atom stereocenters. The quantitative estimate of drug-likeness (QED) is 0.0831. The van der Waals surface area contributed by atoms with Gasteiger partial charge >= 0.3 is 17.9 Å². The number of aliphatic hydroxyl groups excluding tert-OH is 1. The van der Waals surface area contributed by atoms with Crippen molar-refractivity contribution >= 4 is 41.5 Å². The predicted octanol–water partition coefficient (Wildman–Crippen LogP) is -2.63. The molecular weight excluding hydrogens is 522 g/mol. The lowest BCUT2D eigenvalue weighted by molar-refractivity contribution is -0.144. The first-order valence-corrected chi connectivity index (χ1v) is 12.2. The van der Waals surface area contributed by atoms with Gasteiger partial charge in [0.2, 0.25) is 23.6 Å². The van der Waals surface area contributed by atoms with Crippen molar-refractivity contribution in [2.75, 3.05) is 6.61 Å². The molecule has 0 aromatic rings. The third kappa shape index (κ3) is 13.5. The Balaban J connectivity index is 5.87. The number of carboxylic acid groups (broad SMARTS) is 3. The molecule has 0 radical (unpaired) electrons. The van der Waals surface area contributed by atoms with E-state index in [1.807, 2.05) is 0 Å². The molecule has 0 fully saturated rings. The van der Waals surface area contributed by atoms with Crippen LogP contribution in [-0.4, -0.2) is 98.8 Å². The lowest BCUT2D eigenvalue weighted by Crippen LogP contribution is -2.59. The summed E-state index contributed by atoms with van der Waals surface area (Å²) < 4.78 is 0. The molecule has 0 saturated heterocycles. The molecule has 0 aliphatic heterocycles. The molecule has 16 heteroatoms. The minimum atomic E-state index is -1.76. The summed E-state index contributed by atoms with van der Waals surface area (Å²) in [5.74, 6) is -8.72. The highest BCUT2D eigenvalue weighted by Crippen LogP contribution is 2.08. The van der Waals surface area contributed by atoms with E-state index in [0.29, 0.717) is 0 Å². The fraction of sp³-hybridized carbons (Fsp3) is 0.696. The SMILES string of the molecule is CC(C)CC(NC(=O)C(CC(=O)O)NC(=O)C(CCC(=O)O)NC(=O)C(N)C(C)C)C(=O)NC(CO)C(=O)O. The Bertz CT molecular complexity index is 909. The molecule has 0 spiro atoms. The van der Waals surface area contributed by atoms with Crippen LogP contribution in [0.15, 0.2) is 0 Å². The molecule has 0 heterocycles. The van der Waals surface area contributed by atoms with Gasteiger partial charge < -0.3 is 47.4 Å². The zero-order valence-corrected chi connectivity index (χ0v) is 22.3.